The Kier molecular flexibility index (Phi) is 9.82. The number of rotatable bonds is 6. The maximum atomic E-state index is 11.7. The quantitative estimate of drug-likeness (QED) is 0.424. The van der Waals surface area contributed by atoms with E-state index in [1.54, 1.807) is 31.2 Å². The summed E-state index contributed by atoms with van der Waals surface area (Å²) in [7, 11) is 3.03. The van der Waals surface area contributed by atoms with Crippen LogP contribution in [0.1, 0.15) is 34.1 Å². The molecule has 0 aromatic heterocycles. The van der Waals surface area contributed by atoms with Gasteiger partial charge in [-0.3, -0.25) is 9.59 Å². The molecule has 2 rings (SSSR count). The van der Waals surface area contributed by atoms with Gasteiger partial charge in [-0.15, -0.1) is 0 Å². The fourth-order valence-corrected chi connectivity index (χ4v) is 2.38. The minimum atomic E-state index is -0.471. The van der Waals surface area contributed by atoms with Crippen molar-refractivity contribution in [2.75, 3.05) is 14.2 Å². The fourth-order valence-electron chi connectivity index (χ4n) is 1.85. The van der Waals surface area contributed by atoms with Crippen molar-refractivity contribution in [2.24, 2.45) is 0 Å². The Labute approximate surface area is 164 Å². The van der Waals surface area contributed by atoms with Crippen LogP contribution in [-0.2, 0) is 9.47 Å². The van der Waals surface area contributed by atoms with Gasteiger partial charge in [-0.05, 0) is 31.2 Å². The van der Waals surface area contributed by atoms with Crippen molar-refractivity contribution in [1.29, 1.82) is 0 Å². The van der Waals surface area contributed by atoms with Crippen LogP contribution in [0.25, 0.3) is 0 Å². The molecule has 0 saturated heterocycles. The van der Waals surface area contributed by atoms with Gasteiger partial charge in [0.15, 0.2) is 17.9 Å². The van der Waals surface area contributed by atoms with Crippen molar-refractivity contribution in [2.45, 2.75) is 19.6 Å². The lowest BCUT2D eigenvalue weighted by molar-refractivity contribution is -0.0993. The van der Waals surface area contributed by atoms with Crippen LogP contribution < -0.4 is 0 Å². The summed E-state index contributed by atoms with van der Waals surface area (Å²) in [6.45, 7) is 1.56. The topological polar surface area (TPSA) is 52.6 Å². The zero-order chi connectivity index (χ0) is 18.8. The third kappa shape index (κ3) is 8.05. The number of Topliss-reactive ketones (excluding diaryl/α,β-unsaturated/α-hetero) is 2. The van der Waals surface area contributed by atoms with Crippen LogP contribution in [-0.4, -0.2) is 32.1 Å². The first kappa shape index (κ1) is 21.7. The molecule has 0 bridgehead atoms. The Balaban J connectivity index is 0.000000271. The van der Waals surface area contributed by atoms with Crippen LogP contribution in [0.15, 0.2) is 57.5 Å². The third-order valence-electron chi connectivity index (χ3n) is 3.29. The van der Waals surface area contributed by atoms with Crippen molar-refractivity contribution in [3.63, 3.8) is 0 Å². The summed E-state index contributed by atoms with van der Waals surface area (Å²) in [6.07, 6.45) is -0.240. The van der Waals surface area contributed by atoms with Crippen molar-refractivity contribution < 1.29 is 19.1 Å². The van der Waals surface area contributed by atoms with E-state index < -0.39 is 6.29 Å². The summed E-state index contributed by atoms with van der Waals surface area (Å²) in [5, 5.41) is 0. The molecule has 0 atom stereocenters. The van der Waals surface area contributed by atoms with Gasteiger partial charge in [0, 0.05) is 34.3 Å². The number of benzene rings is 2. The van der Waals surface area contributed by atoms with E-state index >= 15 is 0 Å². The average molecular weight is 472 g/mol. The molecule has 2 aromatic rings. The van der Waals surface area contributed by atoms with Gasteiger partial charge in [-0.1, -0.05) is 56.1 Å². The van der Waals surface area contributed by atoms with E-state index in [-0.39, 0.29) is 18.0 Å². The molecular formula is C19H20Br2O4. The highest BCUT2D eigenvalue weighted by molar-refractivity contribution is 9.10. The van der Waals surface area contributed by atoms with Crippen LogP contribution in [0.2, 0.25) is 0 Å². The van der Waals surface area contributed by atoms with E-state index in [9.17, 15) is 9.59 Å². The van der Waals surface area contributed by atoms with E-state index in [2.05, 4.69) is 31.9 Å². The SMILES string of the molecule is CC(=O)c1ccc(Br)cc1.COC(CC(=O)c1ccc(Br)cc1)OC. The molecule has 0 fully saturated rings. The molecule has 6 heteroatoms. The second kappa shape index (κ2) is 11.3. The molecular weight excluding hydrogens is 452 g/mol. The maximum Gasteiger partial charge on any atom is 0.167 e. The smallest absolute Gasteiger partial charge is 0.167 e. The summed E-state index contributed by atoms with van der Waals surface area (Å²) in [5.74, 6) is 0.115. The van der Waals surface area contributed by atoms with Crippen LogP contribution in [0.4, 0.5) is 0 Å². The van der Waals surface area contributed by atoms with Gasteiger partial charge in [0.2, 0.25) is 0 Å². The Morgan fingerprint density at radius 3 is 1.60 bits per heavy atom. The van der Waals surface area contributed by atoms with Crippen LogP contribution in [0.5, 0.6) is 0 Å². The van der Waals surface area contributed by atoms with Gasteiger partial charge in [-0.25, -0.2) is 0 Å². The van der Waals surface area contributed by atoms with Crippen molar-refractivity contribution in [3.05, 3.63) is 68.6 Å². The zero-order valence-corrected chi connectivity index (χ0v) is 17.5. The number of methoxy groups -OCH3 is 2. The second-order valence-electron chi connectivity index (χ2n) is 5.10. The Hall–Kier alpha value is -1.34. The van der Waals surface area contributed by atoms with E-state index in [1.165, 1.54) is 14.2 Å². The Morgan fingerprint density at radius 2 is 1.24 bits per heavy atom. The lowest BCUT2D eigenvalue weighted by atomic mass is 10.1. The summed E-state index contributed by atoms with van der Waals surface area (Å²) in [6, 6.07) is 14.5. The number of hydrogen-bond acceptors (Lipinski definition) is 4. The molecule has 0 heterocycles. The van der Waals surface area contributed by atoms with E-state index in [4.69, 9.17) is 9.47 Å². The van der Waals surface area contributed by atoms with Gasteiger partial charge < -0.3 is 9.47 Å². The fraction of sp³-hybridized carbons (Fsp3) is 0.263. The number of halogens is 2. The second-order valence-corrected chi connectivity index (χ2v) is 6.93. The standard InChI is InChI=1S/C11H13BrO3.C8H7BrO/c1-14-11(15-2)7-10(13)8-3-5-9(12)6-4-8;1-6(10)7-2-4-8(9)5-3-7/h3-6,11H,7H2,1-2H3;2-5H,1H3. The monoisotopic (exact) mass is 470 g/mol. The lowest BCUT2D eigenvalue weighted by Gasteiger charge is -2.11. The van der Waals surface area contributed by atoms with Gasteiger partial charge in [0.25, 0.3) is 0 Å². The highest BCUT2D eigenvalue weighted by Gasteiger charge is 2.13. The highest BCUT2D eigenvalue weighted by atomic mass is 79.9. The molecule has 0 amide bonds. The van der Waals surface area contributed by atoms with Crippen LogP contribution in [0.3, 0.4) is 0 Å². The Morgan fingerprint density at radius 1 is 0.840 bits per heavy atom. The first-order valence-corrected chi connectivity index (χ1v) is 9.06. The third-order valence-corrected chi connectivity index (χ3v) is 4.35. The van der Waals surface area contributed by atoms with Crippen molar-refractivity contribution in [3.8, 4) is 0 Å². The number of ether oxygens (including phenoxy) is 2. The summed E-state index contributed by atoms with van der Waals surface area (Å²) >= 11 is 6.60. The molecule has 0 aliphatic carbocycles. The number of ketones is 2. The zero-order valence-electron chi connectivity index (χ0n) is 14.3. The molecule has 0 aliphatic rings. The van der Waals surface area contributed by atoms with Gasteiger partial charge in [0.1, 0.15) is 0 Å². The molecule has 0 saturated carbocycles. The molecule has 0 aliphatic heterocycles. The largest absolute Gasteiger partial charge is 0.355 e. The van der Waals surface area contributed by atoms with Crippen molar-refractivity contribution in [1.82, 2.24) is 0 Å². The highest BCUT2D eigenvalue weighted by Crippen LogP contribution is 2.13. The minimum Gasteiger partial charge on any atom is -0.355 e. The first-order valence-electron chi connectivity index (χ1n) is 7.48. The molecule has 25 heavy (non-hydrogen) atoms. The summed E-state index contributed by atoms with van der Waals surface area (Å²) < 4.78 is 11.9. The molecule has 134 valence electrons. The van der Waals surface area contributed by atoms with Gasteiger partial charge in [0.05, 0.1) is 6.42 Å². The normalized spacial score (nSPS) is 10.2. The molecule has 0 radical (unpaired) electrons. The van der Waals surface area contributed by atoms with Crippen LogP contribution in [0, 0.1) is 0 Å². The molecule has 4 nitrogen and oxygen atoms in total. The number of carbonyl (C=O) groups excluding carboxylic acids is 2. The predicted octanol–water partition coefficient (Wildman–Crippen LogP) is 5.29. The van der Waals surface area contributed by atoms with Gasteiger partial charge >= 0.3 is 0 Å². The Bertz CT molecular complexity index is 678. The molecule has 2 aromatic carbocycles. The van der Waals surface area contributed by atoms with Crippen LogP contribution >= 0.6 is 31.9 Å². The molecule has 0 unspecified atom stereocenters. The average Bonchev–Trinajstić information content (AvgIpc) is 2.61. The maximum absolute atomic E-state index is 11.7. The summed E-state index contributed by atoms with van der Waals surface area (Å²) in [5.41, 5.74) is 1.42. The summed E-state index contributed by atoms with van der Waals surface area (Å²) in [4.78, 5) is 22.5. The lowest BCUT2D eigenvalue weighted by Crippen LogP contribution is -2.18. The number of hydrogen-bond donors (Lipinski definition) is 0. The first-order chi connectivity index (χ1) is 11.9. The van der Waals surface area contributed by atoms with E-state index in [0.29, 0.717) is 5.56 Å². The van der Waals surface area contributed by atoms with Crippen molar-refractivity contribution >= 4 is 43.4 Å². The molecule has 0 N–H and O–H groups in total. The minimum absolute atomic E-state index is 0.0104. The van der Waals surface area contributed by atoms with E-state index in [0.717, 1.165) is 14.5 Å². The van der Waals surface area contributed by atoms with Gasteiger partial charge in [-0.2, -0.15) is 0 Å². The number of carbonyl (C=O) groups is 2. The molecule has 0 spiro atoms. The van der Waals surface area contributed by atoms with E-state index in [1.807, 2.05) is 24.3 Å². The predicted molar refractivity (Wildman–Crippen MR) is 105 cm³/mol.